The summed E-state index contributed by atoms with van der Waals surface area (Å²) in [4.78, 5) is 0. The summed E-state index contributed by atoms with van der Waals surface area (Å²) in [5, 5.41) is 17.4. The molecule has 2 nitrogen and oxygen atoms in total. The molecule has 0 bridgehead atoms. The van der Waals surface area contributed by atoms with Crippen LogP contribution in [0.4, 0.5) is 0 Å². The van der Waals surface area contributed by atoms with E-state index >= 15 is 0 Å². The van der Waals surface area contributed by atoms with E-state index in [1.54, 1.807) is 0 Å². The van der Waals surface area contributed by atoms with Gasteiger partial charge >= 0.3 is 0 Å². The molecule has 0 aromatic rings. The third-order valence-corrected chi connectivity index (χ3v) is 4.82. The summed E-state index contributed by atoms with van der Waals surface area (Å²) >= 11 is 0. The van der Waals surface area contributed by atoms with Crippen LogP contribution in [0, 0.1) is 45.8 Å². The largest absolute Gasteiger partial charge is 0.198 e. The fourth-order valence-corrected chi connectivity index (χ4v) is 3.51. The minimum Gasteiger partial charge on any atom is -0.198 e. The second-order valence-corrected chi connectivity index (χ2v) is 6.93. The van der Waals surface area contributed by atoms with Gasteiger partial charge in [0.2, 0.25) is 0 Å². The lowest BCUT2D eigenvalue weighted by Gasteiger charge is -2.38. The van der Waals surface area contributed by atoms with Crippen molar-refractivity contribution >= 4 is 0 Å². The lowest BCUT2D eigenvalue weighted by atomic mass is 9.65. The maximum atomic E-state index is 8.95. The third kappa shape index (κ3) is 4.87. The molecule has 0 aliphatic heterocycles. The van der Waals surface area contributed by atoms with Crippen molar-refractivity contribution in [3.05, 3.63) is 0 Å². The Morgan fingerprint density at radius 2 is 1.53 bits per heavy atom. The molecule has 2 unspecified atom stereocenters. The third-order valence-electron chi connectivity index (χ3n) is 4.82. The molecule has 106 valence electrons. The molecule has 2 aliphatic rings. The summed E-state index contributed by atoms with van der Waals surface area (Å²) in [6.07, 6.45) is 9.95. The number of hydrogen-bond donors (Lipinski definition) is 0. The summed E-state index contributed by atoms with van der Waals surface area (Å²) in [5.74, 6) is 1.27. The van der Waals surface area contributed by atoms with Gasteiger partial charge in [0.15, 0.2) is 0 Å². The van der Waals surface area contributed by atoms with Crippen molar-refractivity contribution < 1.29 is 0 Å². The fourth-order valence-electron chi connectivity index (χ4n) is 3.51. The van der Waals surface area contributed by atoms with Crippen molar-refractivity contribution in [2.75, 3.05) is 0 Å². The fraction of sp³-hybridized carbons (Fsp3) is 0.882. The normalized spacial score (nSPS) is 30.4. The summed E-state index contributed by atoms with van der Waals surface area (Å²) < 4.78 is 0. The van der Waals surface area contributed by atoms with Crippen LogP contribution < -0.4 is 0 Å². The predicted molar refractivity (Wildman–Crippen MR) is 78.1 cm³/mol. The maximum Gasteiger partial charge on any atom is 0.0664 e. The summed E-state index contributed by atoms with van der Waals surface area (Å²) in [7, 11) is 0. The number of nitriles is 2. The molecule has 2 atom stereocenters. The lowest BCUT2D eigenvalue weighted by molar-refractivity contribution is 0.128. The number of hydrogen-bond acceptors (Lipinski definition) is 2. The highest BCUT2D eigenvalue weighted by molar-refractivity contribution is 4.98. The lowest BCUT2D eigenvalue weighted by Crippen LogP contribution is -2.32. The van der Waals surface area contributed by atoms with E-state index in [1.807, 2.05) is 0 Å². The van der Waals surface area contributed by atoms with Crippen LogP contribution in [0.15, 0.2) is 0 Å². The molecule has 0 saturated heterocycles. The van der Waals surface area contributed by atoms with Gasteiger partial charge in [-0.05, 0) is 37.0 Å². The highest BCUT2D eigenvalue weighted by Crippen LogP contribution is 2.43. The molecular formula is C17H28N2. The van der Waals surface area contributed by atoms with Crippen molar-refractivity contribution in [1.29, 1.82) is 10.5 Å². The zero-order valence-corrected chi connectivity index (χ0v) is 12.8. The smallest absolute Gasteiger partial charge is 0.0664 e. The Hall–Kier alpha value is -1.02. The molecule has 2 heteroatoms. The van der Waals surface area contributed by atoms with Crippen LogP contribution in [0.3, 0.4) is 0 Å². The van der Waals surface area contributed by atoms with Gasteiger partial charge in [-0.2, -0.15) is 10.5 Å². The first-order valence-corrected chi connectivity index (χ1v) is 7.80. The van der Waals surface area contributed by atoms with Gasteiger partial charge in [-0.25, -0.2) is 0 Å². The molecule has 0 spiro atoms. The minimum atomic E-state index is 0.256. The van der Waals surface area contributed by atoms with Gasteiger partial charge in [-0.1, -0.05) is 46.5 Å². The highest BCUT2D eigenvalue weighted by atomic mass is 14.4. The molecule has 0 N–H and O–H groups in total. The van der Waals surface area contributed by atoms with Crippen LogP contribution in [-0.2, 0) is 0 Å². The number of rotatable bonds is 0. The second kappa shape index (κ2) is 7.54. The van der Waals surface area contributed by atoms with E-state index in [-0.39, 0.29) is 11.3 Å². The molecule has 0 heterocycles. The minimum absolute atomic E-state index is 0.256. The van der Waals surface area contributed by atoms with E-state index in [0.717, 1.165) is 12.8 Å². The molecule has 19 heavy (non-hydrogen) atoms. The van der Waals surface area contributed by atoms with E-state index < -0.39 is 0 Å². The van der Waals surface area contributed by atoms with Crippen LogP contribution >= 0.6 is 0 Å². The average molecular weight is 260 g/mol. The van der Waals surface area contributed by atoms with Gasteiger partial charge in [0.25, 0.3) is 0 Å². The Bertz CT molecular complexity index is 339. The summed E-state index contributed by atoms with van der Waals surface area (Å²) in [6.45, 7) is 6.64. The van der Waals surface area contributed by atoms with Crippen LogP contribution in [0.2, 0.25) is 0 Å². The van der Waals surface area contributed by atoms with E-state index in [1.165, 1.54) is 38.5 Å². The SMILES string of the molecule is CC1CCCC(C)(C)C1C#N.N#CC1CCCCC1. The van der Waals surface area contributed by atoms with Crippen molar-refractivity contribution in [3.63, 3.8) is 0 Å². The molecular weight excluding hydrogens is 232 g/mol. The van der Waals surface area contributed by atoms with Gasteiger partial charge in [0, 0.05) is 5.92 Å². The van der Waals surface area contributed by atoms with Crippen molar-refractivity contribution in [2.24, 2.45) is 23.2 Å². The predicted octanol–water partition coefficient (Wildman–Crippen LogP) is 5.06. The van der Waals surface area contributed by atoms with Crippen LogP contribution in [-0.4, -0.2) is 0 Å². The Morgan fingerprint density at radius 1 is 0.895 bits per heavy atom. The maximum absolute atomic E-state index is 8.95. The van der Waals surface area contributed by atoms with Crippen LogP contribution in [0.5, 0.6) is 0 Å². The van der Waals surface area contributed by atoms with Gasteiger partial charge in [-0.3, -0.25) is 0 Å². The van der Waals surface area contributed by atoms with Crippen LogP contribution in [0.1, 0.15) is 72.1 Å². The summed E-state index contributed by atoms with van der Waals surface area (Å²) in [5.41, 5.74) is 0.256. The molecule has 0 aromatic carbocycles. The Labute approximate surface area is 118 Å². The van der Waals surface area contributed by atoms with Crippen molar-refractivity contribution in [1.82, 2.24) is 0 Å². The summed E-state index contributed by atoms with van der Waals surface area (Å²) in [6, 6.07) is 4.75. The quantitative estimate of drug-likeness (QED) is 0.611. The number of nitrogens with zero attached hydrogens (tertiary/aromatic N) is 2. The monoisotopic (exact) mass is 260 g/mol. The molecule has 2 rings (SSSR count). The van der Waals surface area contributed by atoms with E-state index in [9.17, 15) is 0 Å². The molecule has 2 aliphatic carbocycles. The molecule has 2 fully saturated rings. The van der Waals surface area contributed by atoms with E-state index in [4.69, 9.17) is 10.5 Å². The van der Waals surface area contributed by atoms with Crippen molar-refractivity contribution in [3.8, 4) is 12.1 Å². The molecule has 0 amide bonds. The Morgan fingerprint density at radius 3 is 1.89 bits per heavy atom. The van der Waals surface area contributed by atoms with Crippen molar-refractivity contribution in [2.45, 2.75) is 72.1 Å². The zero-order chi connectivity index (χ0) is 14.3. The first-order chi connectivity index (χ1) is 9.01. The van der Waals surface area contributed by atoms with Crippen LogP contribution in [0.25, 0.3) is 0 Å². The first-order valence-electron chi connectivity index (χ1n) is 7.80. The first kappa shape index (κ1) is 16.0. The standard InChI is InChI=1S/C10H17N.C7H11N/c1-8-5-4-6-10(2,3)9(8)7-11;8-6-7-4-2-1-3-5-7/h8-9H,4-6H2,1-3H3;7H,1-5H2. The van der Waals surface area contributed by atoms with Gasteiger partial charge < -0.3 is 0 Å². The Balaban J connectivity index is 0.000000200. The van der Waals surface area contributed by atoms with Gasteiger partial charge in [0.1, 0.15) is 0 Å². The highest BCUT2D eigenvalue weighted by Gasteiger charge is 2.36. The Kier molecular flexibility index (Phi) is 6.36. The second-order valence-electron chi connectivity index (χ2n) is 6.93. The topological polar surface area (TPSA) is 47.6 Å². The zero-order valence-electron chi connectivity index (χ0n) is 12.8. The van der Waals surface area contributed by atoms with E-state index in [2.05, 4.69) is 32.9 Å². The molecule has 2 saturated carbocycles. The molecule has 0 radical (unpaired) electrons. The van der Waals surface area contributed by atoms with Gasteiger partial charge in [0.05, 0.1) is 18.1 Å². The average Bonchev–Trinajstić information content (AvgIpc) is 2.40. The molecule has 0 aromatic heterocycles. The van der Waals surface area contributed by atoms with Gasteiger partial charge in [-0.15, -0.1) is 0 Å². The van der Waals surface area contributed by atoms with E-state index in [0.29, 0.717) is 11.8 Å².